The quantitative estimate of drug-likeness (QED) is 0.783. The number of nitrogens with zero attached hydrogens (tertiary/aromatic N) is 1. The lowest BCUT2D eigenvalue weighted by atomic mass is 9.68. The molecular formula is C26H34N2O2. The molecule has 1 saturated heterocycles. The summed E-state index contributed by atoms with van der Waals surface area (Å²) in [7, 11) is 0. The topological polar surface area (TPSA) is 41.6 Å². The molecule has 1 amide bonds. The SMILES string of the molecule is O=C(N1CCNCC(COCc2ccccc2)C1)C1(c2ccccc2)CCCCC1. The highest BCUT2D eigenvalue weighted by atomic mass is 16.5. The number of carbonyl (C=O) groups excluding carboxylic acids is 1. The van der Waals surface area contributed by atoms with Crippen molar-refractivity contribution in [3.05, 3.63) is 71.8 Å². The van der Waals surface area contributed by atoms with Crippen molar-refractivity contribution in [1.82, 2.24) is 10.2 Å². The zero-order chi connectivity index (χ0) is 20.7. The van der Waals surface area contributed by atoms with E-state index in [4.69, 9.17) is 4.74 Å². The minimum Gasteiger partial charge on any atom is -0.376 e. The van der Waals surface area contributed by atoms with Crippen LogP contribution in [-0.2, 0) is 21.6 Å². The second-order valence-corrected chi connectivity index (χ2v) is 8.83. The van der Waals surface area contributed by atoms with Gasteiger partial charge in [-0.05, 0) is 24.0 Å². The molecule has 1 unspecified atom stereocenters. The molecule has 1 heterocycles. The molecule has 30 heavy (non-hydrogen) atoms. The van der Waals surface area contributed by atoms with Gasteiger partial charge in [0.15, 0.2) is 0 Å². The smallest absolute Gasteiger partial charge is 0.233 e. The van der Waals surface area contributed by atoms with Crippen LogP contribution in [0.15, 0.2) is 60.7 Å². The van der Waals surface area contributed by atoms with Crippen molar-refractivity contribution in [3.63, 3.8) is 0 Å². The number of hydrogen-bond acceptors (Lipinski definition) is 3. The third kappa shape index (κ3) is 4.93. The van der Waals surface area contributed by atoms with E-state index < -0.39 is 0 Å². The van der Waals surface area contributed by atoms with E-state index in [9.17, 15) is 4.79 Å². The van der Waals surface area contributed by atoms with E-state index in [0.717, 1.165) is 51.9 Å². The summed E-state index contributed by atoms with van der Waals surface area (Å²) < 4.78 is 6.02. The highest BCUT2D eigenvalue weighted by Crippen LogP contribution is 2.41. The Labute approximate surface area is 180 Å². The lowest BCUT2D eigenvalue weighted by Crippen LogP contribution is -2.50. The number of rotatable bonds is 6. The summed E-state index contributed by atoms with van der Waals surface area (Å²) in [4.78, 5) is 16.0. The standard InChI is InChI=1S/C26H34N2O2/c29-25(26(14-8-3-9-15-26)24-12-6-2-7-13-24)28-17-16-27-18-23(19-28)21-30-20-22-10-4-1-5-11-22/h1-2,4-7,10-13,23,27H,3,8-9,14-21H2. The maximum Gasteiger partial charge on any atom is 0.233 e. The Bertz CT molecular complexity index is 787. The molecule has 0 spiro atoms. The number of carbonyl (C=O) groups is 1. The van der Waals surface area contributed by atoms with Gasteiger partial charge in [-0.2, -0.15) is 0 Å². The largest absolute Gasteiger partial charge is 0.376 e. The van der Waals surface area contributed by atoms with E-state index in [1.807, 2.05) is 24.3 Å². The Kier molecular flexibility index (Phi) is 7.19. The number of hydrogen-bond donors (Lipinski definition) is 1. The summed E-state index contributed by atoms with van der Waals surface area (Å²) in [5.74, 6) is 0.640. The normalized spacial score (nSPS) is 21.7. The third-order valence-electron chi connectivity index (χ3n) is 6.67. The summed E-state index contributed by atoms with van der Waals surface area (Å²) >= 11 is 0. The van der Waals surface area contributed by atoms with Gasteiger partial charge in [0.2, 0.25) is 5.91 Å². The van der Waals surface area contributed by atoms with Crippen LogP contribution in [0, 0.1) is 5.92 Å². The molecule has 1 N–H and O–H groups in total. The molecule has 4 heteroatoms. The molecule has 1 aliphatic heterocycles. The van der Waals surface area contributed by atoms with Gasteiger partial charge in [-0.15, -0.1) is 0 Å². The molecule has 1 saturated carbocycles. The molecule has 160 valence electrons. The van der Waals surface area contributed by atoms with Gasteiger partial charge in [0.25, 0.3) is 0 Å². The van der Waals surface area contributed by atoms with Gasteiger partial charge in [0.05, 0.1) is 18.6 Å². The molecule has 4 rings (SSSR count). The fraction of sp³-hybridized carbons (Fsp3) is 0.500. The van der Waals surface area contributed by atoms with E-state index in [1.165, 1.54) is 17.5 Å². The van der Waals surface area contributed by atoms with E-state index in [0.29, 0.717) is 25.0 Å². The Balaban J connectivity index is 1.43. The number of benzene rings is 2. The second kappa shape index (κ2) is 10.2. The molecule has 0 bridgehead atoms. The molecule has 1 atom stereocenters. The summed E-state index contributed by atoms with van der Waals surface area (Å²) in [6.07, 6.45) is 5.44. The van der Waals surface area contributed by atoms with Gasteiger partial charge in [-0.1, -0.05) is 79.9 Å². The first-order chi connectivity index (χ1) is 14.8. The lowest BCUT2D eigenvalue weighted by Gasteiger charge is -2.40. The van der Waals surface area contributed by atoms with Crippen molar-refractivity contribution in [1.29, 1.82) is 0 Å². The van der Waals surface area contributed by atoms with E-state index in [-0.39, 0.29) is 5.41 Å². The first kappa shape index (κ1) is 21.1. The Morgan fingerprint density at radius 2 is 1.70 bits per heavy atom. The molecule has 4 nitrogen and oxygen atoms in total. The van der Waals surface area contributed by atoms with E-state index in [1.54, 1.807) is 0 Å². The van der Waals surface area contributed by atoms with Crippen LogP contribution < -0.4 is 5.32 Å². The van der Waals surface area contributed by atoms with Crippen molar-refractivity contribution >= 4 is 5.91 Å². The highest BCUT2D eigenvalue weighted by molar-refractivity contribution is 5.88. The van der Waals surface area contributed by atoms with E-state index >= 15 is 0 Å². The minimum atomic E-state index is -0.348. The Morgan fingerprint density at radius 1 is 1.00 bits per heavy atom. The van der Waals surface area contributed by atoms with Gasteiger partial charge in [-0.25, -0.2) is 0 Å². The molecule has 2 fully saturated rings. The Hall–Kier alpha value is -2.17. The van der Waals surface area contributed by atoms with Crippen LogP contribution >= 0.6 is 0 Å². The molecule has 2 aromatic carbocycles. The monoisotopic (exact) mass is 406 g/mol. The molecular weight excluding hydrogens is 372 g/mol. The van der Waals surface area contributed by atoms with Gasteiger partial charge < -0.3 is 15.0 Å². The fourth-order valence-corrected chi connectivity index (χ4v) is 5.04. The number of ether oxygens (including phenoxy) is 1. The minimum absolute atomic E-state index is 0.316. The maximum atomic E-state index is 13.9. The fourth-order valence-electron chi connectivity index (χ4n) is 5.04. The van der Waals surface area contributed by atoms with Crippen LogP contribution in [0.1, 0.15) is 43.2 Å². The van der Waals surface area contributed by atoms with Crippen LogP contribution in [0.25, 0.3) is 0 Å². The predicted molar refractivity (Wildman–Crippen MR) is 120 cm³/mol. The van der Waals surface area contributed by atoms with Gasteiger partial charge in [0.1, 0.15) is 0 Å². The van der Waals surface area contributed by atoms with Crippen molar-refractivity contribution < 1.29 is 9.53 Å². The predicted octanol–water partition coefficient (Wildman–Crippen LogP) is 4.15. The Morgan fingerprint density at radius 3 is 2.43 bits per heavy atom. The number of amides is 1. The van der Waals surface area contributed by atoms with Crippen LogP contribution in [0.3, 0.4) is 0 Å². The van der Waals surface area contributed by atoms with Crippen LogP contribution in [-0.4, -0.2) is 43.6 Å². The third-order valence-corrected chi connectivity index (χ3v) is 6.67. The second-order valence-electron chi connectivity index (χ2n) is 8.83. The molecule has 0 aromatic heterocycles. The van der Waals surface area contributed by atoms with Crippen LogP contribution in [0.4, 0.5) is 0 Å². The van der Waals surface area contributed by atoms with Crippen molar-refractivity contribution in [2.24, 2.45) is 5.92 Å². The van der Waals surface area contributed by atoms with Crippen LogP contribution in [0.5, 0.6) is 0 Å². The zero-order valence-electron chi connectivity index (χ0n) is 17.9. The summed E-state index contributed by atoms with van der Waals surface area (Å²) in [5.41, 5.74) is 2.04. The number of nitrogens with one attached hydrogen (secondary N) is 1. The van der Waals surface area contributed by atoms with Gasteiger partial charge in [-0.3, -0.25) is 4.79 Å². The van der Waals surface area contributed by atoms with Crippen molar-refractivity contribution in [2.45, 2.75) is 44.1 Å². The molecule has 2 aliphatic rings. The molecule has 2 aromatic rings. The van der Waals surface area contributed by atoms with Gasteiger partial charge >= 0.3 is 0 Å². The summed E-state index contributed by atoms with van der Waals surface area (Å²) in [6, 6.07) is 20.8. The first-order valence-electron chi connectivity index (χ1n) is 11.5. The van der Waals surface area contributed by atoms with Crippen molar-refractivity contribution in [2.75, 3.05) is 32.8 Å². The lowest BCUT2D eigenvalue weighted by molar-refractivity contribution is -0.139. The highest BCUT2D eigenvalue weighted by Gasteiger charge is 2.43. The average Bonchev–Trinajstić information content (AvgIpc) is 3.06. The molecule has 1 aliphatic carbocycles. The van der Waals surface area contributed by atoms with E-state index in [2.05, 4.69) is 46.6 Å². The first-order valence-corrected chi connectivity index (χ1v) is 11.5. The summed E-state index contributed by atoms with van der Waals surface area (Å²) in [6.45, 7) is 4.60. The van der Waals surface area contributed by atoms with Gasteiger partial charge in [0, 0.05) is 32.1 Å². The molecule has 0 radical (unpaired) electrons. The average molecular weight is 407 g/mol. The maximum absolute atomic E-state index is 13.9. The zero-order valence-corrected chi connectivity index (χ0v) is 17.9. The summed E-state index contributed by atoms with van der Waals surface area (Å²) in [5, 5.41) is 3.51. The van der Waals surface area contributed by atoms with Crippen LogP contribution in [0.2, 0.25) is 0 Å². The van der Waals surface area contributed by atoms with Crippen molar-refractivity contribution in [3.8, 4) is 0 Å².